The molecule has 15 heavy (non-hydrogen) atoms. The van der Waals surface area contributed by atoms with Crippen molar-refractivity contribution in [1.29, 1.82) is 0 Å². The Balaban J connectivity index is 3.50. The molecule has 0 radical (unpaired) electrons. The number of rotatable bonds is 7. The quantitative estimate of drug-likeness (QED) is 0.512. The number of carbonyl (C=O) groups is 2. The van der Waals surface area contributed by atoms with E-state index in [9.17, 15) is 9.59 Å². The highest BCUT2D eigenvalue weighted by atomic mass is 16.2. The summed E-state index contributed by atoms with van der Waals surface area (Å²) in [5, 5.41) is 5.39. The molecule has 0 fully saturated rings. The van der Waals surface area contributed by atoms with Crippen LogP contribution in [0.15, 0.2) is 0 Å². The van der Waals surface area contributed by atoms with Crippen LogP contribution >= 0.6 is 0 Å². The summed E-state index contributed by atoms with van der Waals surface area (Å²) < 4.78 is 0. The molecule has 1 atom stereocenters. The summed E-state index contributed by atoms with van der Waals surface area (Å²) in [6, 6.07) is -0.469. The average molecular weight is 215 g/mol. The maximum atomic E-state index is 11.2. The molecule has 0 bridgehead atoms. The number of nitrogens with two attached hydrogens (primary N) is 1. The second-order valence-electron chi connectivity index (χ2n) is 3.35. The van der Waals surface area contributed by atoms with Gasteiger partial charge >= 0.3 is 0 Å². The van der Waals surface area contributed by atoms with E-state index in [2.05, 4.69) is 10.6 Å². The number of hydrogen-bond acceptors (Lipinski definition) is 3. The molecule has 0 spiro atoms. The zero-order valence-electron chi connectivity index (χ0n) is 9.51. The Morgan fingerprint density at radius 1 is 1.27 bits per heavy atom. The predicted molar refractivity (Wildman–Crippen MR) is 59.2 cm³/mol. The minimum absolute atomic E-state index is 0.0292. The third-order valence-corrected chi connectivity index (χ3v) is 2.02. The second kappa shape index (κ2) is 8.23. The van der Waals surface area contributed by atoms with Gasteiger partial charge in [-0.05, 0) is 19.8 Å². The molecule has 0 aromatic rings. The van der Waals surface area contributed by atoms with Gasteiger partial charge in [0.2, 0.25) is 11.8 Å². The maximum absolute atomic E-state index is 11.2. The second-order valence-corrected chi connectivity index (χ2v) is 3.35. The highest BCUT2D eigenvalue weighted by Crippen LogP contribution is 1.93. The summed E-state index contributed by atoms with van der Waals surface area (Å²) in [6.45, 7) is 4.83. The summed E-state index contributed by atoms with van der Waals surface area (Å²) in [7, 11) is 0. The Kier molecular flexibility index (Phi) is 7.62. The highest BCUT2D eigenvalue weighted by Gasteiger charge is 2.11. The molecule has 4 N–H and O–H groups in total. The zero-order valence-corrected chi connectivity index (χ0v) is 9.51. The Hall–Kier alpha value is -1.10. The van der Waals surface area contributed by atoms with Gasteiger partial charge in [-0.25, -0.2) is 0 Å². The first-order chi connectivity index (χ1) is 7.11. The van der Waals surface area contributed by atoms with Crippen LogP contribution in [0.3, 0.4) is 0 Å². The molecular formula is C10H21N3O2. The molecule has 0 aliphatic rings. The first-order valence-corrected chi connectivity index (χ1v) is 5.41. The predicted octanol–water partition coefficient (Wildman–Crippen LogP) is -0.244. The number of hydrogen-bond donors (Lipinski definition) is 3. The number of carbonyl (C=O) groups excluding carboxylic acids is 2. The molecule has 0 saturated heterocycles. The minimum atomic E-state index is -0.469. The Labute approximate surface area is 90.8 Å². The van der Waals surface area contributed by atoms with Crippen molar-refractivity contribution < 1.29 is 9.59 Å². The third-order valence-electron chi connectivity index (χ3n) is 2.02. The molecule has 0 aliphatic carbocycles. The van der Waals surface area contributed by atoms with Crippen LogP contribution < -0.4 is 16.4 Å². The number of amides is 2. The van der Waals surface area contributed by atoms with Crippen molar-refractivity contribution in [2.24, 2.45) is 5.73 Å². The summed E-state index contributed by atoms with van der Waals surface area (Å²) in [6.07, 6.45) is 1.81. The van der Waals surface area contributed by atoms with Crippen LogP contribution in [-0.4, -0.2) is 30.9 Å². The van der Waals surface area contributed by atoms with Crippen molar-refractivity contribution in [1.82, 2.24) is 10.6 Å². The van der Waals surface area contributed by atoms with Crippen LogP contribution in [0, 0.1) is 0 Å². The molecule has 5 heteroatoms. The lowest BCUT2D eigenvalue weighted by atomic mass is 10.1. The first-order valence-electron chi connectivity index (χ1n) is 5.41. The van der Waals surface area contributed by atoms with Crippen molar-refractivity contribution in [2.45, 2.75) is 39.2 Å². The van der Waals surface area contributed by atoms with Crippen molar-refractivity contribution in [2.75, 3.05) is 13.1 Å². The van der Waals surface area contributed by atoms with Crippen LogP contribution in [0.25, 0.3) is 0 Å². The summed E-state index contributed by atoms with van der Waals surface area (Å²) in [5.74, 6) is -0.0964. The Morgan fingerprint density at radius 3 is 2.47 bits per heavy atom. The van der Waals surface area contributed by atoms with Crippen LogP contribution in [0.4, 0.5) is 0 Å². The van der Waals surface area contributed by atoms with Crippen LogP contribution in [0.5, 0.6) is 0 Å². The van der Waals surface area contributed by atoms with Crippen LogP contribution in [-0.2, 0) is 9.59 Å². The monoisotopic (exact) mass is 215 g/mol. The summed E-state index contributed by atoms with van der Waals surface area (Å²) in [5.41, 5.74) is 5.63. The van der Waals surface area contributed by atoms with Crippen LogP contribution in [0.1, 0.15) is 33.1 Å². The third kappa shape index (κ3) is 6.90. The van der Waals surface area contributed by atoms with E-state index in [0.717, 1.165) is 6.42 Å². The molecule has 0 rings (SSSR count). The molecule has 1 unspecified atom stereocenters. The normalized spacial score (nSPS) is 11.9. The zero-order chi connectivity index (χ0) is 11.7. The maximum Gasteiger partial charge on any atom is 0.236 e. The van der Waals surface area contributed by atoms with E-state index in [4.69, 9.17) is 5.73 Å². The minimum Gasteiger partial charge on any atom is -0.356 e. The largest absolute Gasteiger partial charge is 0.356 e. The molecule has 88 valence electrons. The Morgan fingerprint density at radius 2 is 1.93 bits per heavy atom. The van der Waals surface area contributed by atoms with Gasteiger partial charge in [0.1, 0.15) is 0 Å². The lowest BCUT2D eigenvalue weighted by molar-refractivity contribution is -0.122. The van der Waals surface area contributed by atoms with E-state index in [0.29, 0.717) is 25.9 Å². The highest BCUT2D eigenvalue weighted by molar-refractivity contribution is 5.81. The van der Waals surface area contributed by atoms with Gasteiger partial charge in [0.25, 0.3) is 0 Å². The van der Waals surface area contributed by atoms with Gasteiger partial charge in [-0.15, -0.1) is 0 Å². The number of nitrogens with one attached hydrogen (secondary N) is 2. The molecule has 0 saturated carbocycles. The molecule has 5 nitrogen and oxygen atoms in total. The van der Waals surface area contributed by atoms with Gasteiger partial charge in [0, 0.05) is 19.5 Å². The standard InChI is InChI=1S/C10H21N3O2/c1-3-9(14)13-7-5-6-8(11)10(15)12-4-2/h8H,3-7,11H2,1-2H3,(H,12,15)(H,13,14). The summed E-state index contributed by atoms with van der Waals surface area (Å²) in [4.78, 5) is 22.1. The summed E-state index contributed by atoms with van der Waals surface area (Å²) >= 11 is 0. The van der Waals surface area contributed by atoms with E-state index in [1.54, 1.807) is 6.92 Å². The fourth-order valence-electron chi connectivity index (χ4n) is 1.11. The van der Waals surface area contributed by atoms with Crippen molar-refractivity contribution in [3.63, 3.8) is 0 Å². The van der Waals surface area contributed by atoms with Gasteiger partial charge in [-0.2, -0.15) is 0 Å². The van der Waals surface area contributed by atoms with E-state index >= 15 is 0 Å². The van der Waals surface area contributed by atoms with Crippen molar-refractivity contribution in [3.8, 4) is 0 Å². The van der Waals surface area contributed by atoms with Crippen molar-refractivity contribution >= 4 is 11.8 Å². The van der Waals surface area contributed by atoms with Gasteiger partial charge in [-0.1, -0.05) is 6.92 Å². The average Bonchev–Trinajstić information content (AvgIpc) is 2.23. The molecule has 2 amide bonds. The van der Waals surface area contributed by atoms with E-state index in [-0.39, 0.29) is 11.8 Å². The fraction of sp³-hybridized carbons (Fsp3) is 0.800. The molecular weight excluding hydrogens is 194 g/mol. The fourth-order valence-corrected chi connectivity index (χ4v) is 1.11. The number of likely N-dealkylation sites (N-methyl/N-ethyl adjacent to an activating group) is 1. The molecule has 0 heterocycles. The van der Waals surface area contributed by atoms with Gasteiger partial charge in [0.05, 0.1) is 6.04 Å². The van der Waals surface area contributed by atoms with Gasteiger partial charge < -0.3 is 16.4 Å². The topological polar surface area (TPSA) is 84.2 Å². The molecule has 0 aliphatic heterocycles. The van der Waals surface area contributed by atoms with E-state index in [1.807, 2.05) is 6.92 Å². The van der Waals surface area contributed by atoms with Crippen molar-refractivity contribution in [3.05, 3.63) is 0 Å². The smallest absolute Gasteiger partial charge is 0.236 e. The van der Waals surface area contributed by atoms with Crippen LogP contribution in [0.2, 0.25) is 0 Å². The first kappa shape index (κ1) is 13.9. The SMILES string of the molecule is CCNC(=O)C(N)CCCNC(=O)CC. The van der Waals surface area contributed by atoms with Gasteiger partial charge in [-0.3, -0.25) is 9.59 Å². The molecule has 0 aromatic heterocycles. The Bertz CT molecular complexity index is 207. The lowest BCUT2D eigenvalue weighted by Crippen LogP contribution is -2.40. The van der Waals surface area contributed by atoms with Gasteiger partial charge in [0.15, 0.2) is 0 Å². The lowest BCUT2D eigenvalue weighted by Gasteiger charge is -2.11. The van der Waals surface area contributed by atoms with E-state index in [1.165, 1.54) is 0 Å². The molecule has 0 aromatic carbocycles. The van der Waals surface area contributed by atoms with E-state index < -0.39 is 6.04 Å².